The van der Waals surface area contributed by atoms with Gasteiger partial charge in [0.05, 0.1) is 13.2 Å². The Bertz CT molecular complexity index is 511. The normalized spacial score (nSPS) is 9.17. The van der Waals surface area contributed by atoms with E-state index in [1.54, 1.807) is 24.3 Å². The second-order valence-electron chi connectivity index (χ2n) is 3.17. The maximum absolute atomic E-state index is 11.4. The summed E-state index contributed by atoms with van der Waals surface area (Å²) in [5.41, 5.74) is 0.415. The molecule has 0 radical (unpaired) electrons. The summed E-state index contributed by atoms with van der Waals surface area (Å²) in [6, 6.07) is 6.61. The van der Waals surface area contributed by atoms with Gasteiger partial charge in [-0.05, 0) is 12.1 Å². The van der Waals surface area contributed by atoms with Crippen molar-refractivity contribution in [3.8, 4) is 11.8 Å². The third kappa shape index (κ3) is 4.07. The molecular weight excluding hydrogens is 302 g/mol. The number of hydrogen-bond donors (Lipinski definition) is 2. The SMILES string of the molecule is COc1cc(Br)cc(NC(=O)C(=O)NCC#N)c1. The van der Waals surface area contributed by atoms with Crippen LogP contribution in [0.15, 0.2) is 22.7 Å². The molecule has 0 aliphatic carbocycles. The minimum atomic E-state index is -0.865. The lowest BCUT2D eigenvalue weighted by molar-refractivity contribution is -0.136. The van der Waals surface area contributed by atoms with Gasteiger partial charge in [-0.2, -0.15) is 5.26 Å². The number of hydrogen-bond acceptors (Lipinski definition) is 4. The van der Waals surface area contributed by atoms with Crippen LogP contribution >= 0.6 is 15.9 Å². The van der Waals surface area contributed by atoms with Crippen molar-refractivity contribution in [1.29, 1.82) is 5.26 Å². The molecule has 0 fully saturated rings. The number of nitrogens with zero attached hydrogens (tertiary/aromatic N) is 1. The summed E-state index contributed by atoms with van der Waals surface area (Å²) in [7, 11) is 1.49. The van der Waals surface area contributed by atoms with Crippen LogP contribution in [0.1, 0.15) is 0 Å². The topological polar surface area (TPSA) is 91.2 Å². The molecule has 0 saturated carbocycles. The lowest BCUT2D eigenvalue weighted by Gasteiger charge is -2.07. The summed E-state index contributed by atoms with van der Waals surface area (Å²) in [5.74, 6) is -1.17. The summed E-state index contributed by atoms with van der Waals surface area (Å²) in [5, 5.41) is 12.8. The van der Waals surface area contributed by atoms with Crippen LogP contribution in [0, 0.1) is 11.3 Å². The van der Waals surface area contributed by atoms with Gasteiger partial charge in [0.15, 0.2) is 0 Å². The molecule has 7 heteroatoms. The van der Waals surface area contributed by atoms with Crippen LogP contribution in [0.5, 0.6) is 5.75 Å². The van der Waals surface area contributed by atoms with E-state index in [4.69, 9.17) is 10.00 Å². The molecule has 0 spiro atoms. The van der Waals surface area contributed by atoms with Gasteiger partial charge in [0.1, 0.15) is 12.3 Å². The highest BCUT2D eigenvalue weighted by molar-refractivity contribution is 9.10. The van der Waals surface area contributed by atoms with E-state index in [1.807, 2.05) is 0 Å². The highest BCUT2D eigenvalue weighted by Gasteiger charge is 2.13. The molecule has 0 aliphatic rings. The van der Waals surface area contributed by atoms with Crippen molar-refractivity contribution in [1.82, 2.24) is 5.32 Å². The zero-order valence-corrected chi connectivity index (χ0v) is 11.1. The van der Waals surface area contributed by atoms with Crippen molar-refractivity contribution in [2.45, 2.75) is 0 Å². The number of ether oxygens (including phenoxy) is 1. The first-order valence-corrected chi connectivity index (χ1v) is 5.67. The fraction of sp³-hybridized carbons (Fsp3) is 0.182. The number of anilines is 1. The highest BCUT2D eigenvalue weighted by Crippen LogP contribution is 2.24. The number of nitriles is 1. The van der Waals surface area contributed by atoms with Gasteiger partial charge in [0.2, 0.25) is 0 Å². The van der Waals surface area contributed by atoms with Gasteiger partial charge in [0, 0.05) is 16.2 Å². The Labute approximate surface area is 112 Å². The molecule has 0 atom stereocenters. The van der Waals surface area contributed by atoms with Crippen molar-refractivity contribution >= 4 is 33.4 Å². The molecule has 0 bridgehead atoms. The highest BCUT2D eigenvalue weighted by atomic mass is 79.9. The summed E-state index contributed by atoms with van der Waals surface area (Å²) < 4.78 is 5.72. The second-order valence-corrected chi connectivity index (χ2v) is 4.09. The van der Waals surface area contributed by atoms with Gasteiger partial charge in [-0.15, -0.1) is 0 Å². The maximum Gasteiger partial charge on any atom is 0.313 e. The third-order valence-corrected chi connectivity index (χ3v) is 2.36. The van der Waals surface area contributed by atoms with Crippen LogP contribution < -0.4 is 15.4 Å². The van der Waals surface area contributed by atoms with E-state index < -0.39 is 11.8 Å². The summed E-state index contributed by atoms with van der Waals surface area (Å²) >= 11 is 3.25. The van der Waals surface area contributed by atoms with Crippen molar-refractivity contribution < 1.29 is 14.3 Å². The Morgan fingerprint density at radius 3 is 2.72 bits per heavy atom. The van der Waals surface area contributed by atoms with E-state index in [0.717, 1.165) is 0 Å². The largest absolute Gasteiger partial charge is 0.497 e. The summed E-state index contributed by atoms with van der Waals surface area (Å²) in [4.78, 5) is 22.7. The first kappa shape index (κ1) is 14.0. The Hall–Kier alpha value is -2.07. The van der Waals surface area contributed by atoms with E-state index in [0.29, 0.717) is 15.9 Å². The predicted octanol–water partition coefficient (Wildman–Crippen LogP) is 1.04. The van der Waals surface area contributed by atoms with Crippen molar-refractivity contribution in [3.63, 3.8) is 0 Å². The van der Waals surface area contributed by atoms with Gasteiger partial charge in [-0.3, -0.25) is 9.59 Å². The zero-order valence-electron chi connectivity index (χ0n) is 9.49. The van der Waals surface area contributed by atoms with Gasteiger partial charge in [0.25, 0.3) is 0 Å². The molecule has 6 nitrogen and oxygen atoms in total. The number of nitrogens with one attached hydrogen (secondary N) is 2. The molecule has 94 valence electrons. The fourth-order valence-electron chi connectivity index (χ4n) is 1.14. The maximum atomic E-state index is 11.4. The van der Waals surface area contributed by atoms with E-state index in [2.05, 4.69) is 26.6 Å². The monoisotopic (exact) mass is 311 g/mol. The second kappa shape index (κ2) is 6.61. The van der Waals surface area contributed by atoms with E-state index >= 15 is 0 Å². The average molecular weight is 312 g/mol. The van der Waals surface area contributed by atoms with Crippen LogP contribution in [0.4, 0.5) is 5.69 Å². The van der Waals surface area contributed by atoms with Crippen LogP contribution in [-0.2, 0) is 9.59 Å². The number of benzene rings is 1. The van der Waals surface area contributed by atoms with Gasteiger partial charge >= 0.3 is 11.8 Å². The predicted molar refractivity (Wildman–Crippen MR) is 67.9 cm³/mol. The Balaban J connectivity index is 2.73. The van der Waals surface area contributed by atoms with Gasteiger partial charge < -0.3 is 15.4 Å². The Morgan fingerprint density at radius 2 is 2.11 bits per heavy atom. The number of carbonyl (C=O) groups is 2. The molecule has 2 amide bonds. The Morgan fingerprint density at radius 1 is 1.39 bits per heavy atom. The lowest BCUT2D eigenvalue weighted by atomic mass is 10.3. The van der Waals surface area contributed by atoms with Crippen molar-refractivity contribution in [3.05, 3.63) is 22.7 Å². The number of carbonyl (C=O) groups excluding carboxylic acids is 2. The third-order valence-electron chi connectivity index (χ3n) is 1.90. The molecule has 1 aromatic carbocycles. The molecule has 0 heterocycles. The smallest absolute Gasteiger partial charge is 0.313 e. The van der Waals surface area contributed by atoms with E-state index in [-0.39, 0.29) is 6.54 Å². The zero-order chi connectivity index (χ0) is 13.5. The van der Waals surface area contributed by atoms with E-state index in [1.165, 1.54) is 7.11 Å². The first-order valence-electron chi connectivity index (χ1n) is 4.87. The van der Waals surface area contributed by atoms with Crippen LogP contribution in [-0.4, -0.2) is 25.5 Å². The Kier molecular flexibility index (Phi) is 5.14. The van der Waals surface area contributed by atoms with Gasteiger partial charge in [-0.1, -0.05) is 15.9 Å². The molecule has 0 saturated heterocycles. The standard InChI is InChI=1S/C11H10BrN3O3/c1-18-9-5-7(12)4-8(6-9)15-11(17)10(16)14-3-2-13/h4-6H,3H2,1H3,(H,14,16)(H,15,17). The van der Waals surface area contributed by atoms with Crippen LogP contribution in [0.25, 0.3) is 0 Å². The number of rotatable bonds is 3. The summed E-state index contributed by atoms with van der Waals surface area (Å²) in [6.07, 6.45) is 0. The van der Waals surface area contributed by atoms with Crippen LogP contribution in [0.2, 0.25) is 0 Å². The lowest BCUT2D eigenvalue weighted by Crippen LogP contribution is -2.35. The molecular formula is C11H10BrN3O3. The molecule has 18 heavy (non-hydrogen) atoms. The quantitative estimate of drug-likeness (QED) is 0.644. The summed E-state index contributed by atoms with van der Waals surface area (Å²) in [6.45, 7) is -0.214. The minimum Gasteiger partial charge on any atom is -0.497 e. The minimum absolute atomic E-state index is 0.214. The average Bonchev–Trinajstić information content (AvgIpc) is 2.34. The number of amides is 2. The first-order chi connectivity index (χ1) is 8.56. The van der Waals surface area contributed by atoms with Gasteiger partial charge in [-0.25, -0.2) is 0 Å². The van der Waals surface area contributed by atoms with Crippen LogP contribution in [0.3, 0.4) is 0 Å². The fourth-order valence-corrected chi connectivity index (χ4v) is 1.61. The number of halogens is 1. The molecule has 0 aliphatic heterocycles. The van der Waals surface area contributed by atoms with Crippen molar-refractivity contribution in [2.75, 3.05) is 19.0 Å². The molecule has 1 rings (SSSR count). The molecule has 0 unspecified atom stereocenters. The molecule has 1 aromatic rings. The van der Waals surface area contributed by atoms with E-state index in [9.17, 15) is 9.59 Å². The molecule has 0 aromatic heterocycles. The number of methoxy groups -OCH3 is 1. The molecule has 2 N–H and O–H groups in total. The van der Waals surface area contributed by atoms with Crippen molar-refractivity contribution in [2.24, 2.45) is 0 Å².